The largest absolute Gasteiger partial charge is 0.378 e. The van der Waals surface area contributed by atoms with Gasteiger partial charge in [-0.15, -0.1) is 0 Å². The predicted molar refractivity (Wildman–Crippen MR) is 90.2 cm³/mol. The maximum absolute atomic E-state index is 12.8. The molecule has 6 nitrogen and oxygen atoms in total. The van der Waals surface area contributed by atoms with Crippen molar-refractivity contribution < 1.29 is 14.3 Å². The van der Waals surface area contributed by atoms with Crippen LogP contribution in [0.15, 0.2) is 36.5 Å². The first-order chi connectivity index (χ1) is 11.6. The Morgan fingerprint density at radius 3 is 2.62 bits per heavy atom. The van der Waals surface area contributed by atoms with E-state index in [2.05, 4.69) is 5.10 Å². The van der Waals surface area contributed by atoms with Gasteiger partial charge in [0.25, 0.3) is 5.91 Å². The summed E-state index contributed by atoms with van der Waals surface area (Å²) >= 11 is 0. The topological polar surface area (TPSA) is 56.6 Å². The number of para-hydroxylation sites is 1. The zero-order valence-corrected chi connectivity index (χ0v) is 14.4. The molecule has 0 saturated carbocycles. The van der Waals surface area contributed by atoms with Gasteiger partial charge in [-0.25, -0.2) is 4.68 Å². The molecule has 24 heavy (non-hydrogen) atoms. The molecule has 0 radical (unpaired) electrons. The van der Waals surface area contributed by atoms with E-state index in [1.807, 2.05) is 44.2 Å². The third-order valence-corrected chi connectivity index (χ3v) is 4.21. The Labute approximate surface area is 142 Å². The minimum atomic E-state index is -0.235. The maximum Gasteiger partial charge on any atom is 0.257 e. The Morgan fingerprint density at radius 2 is 2.00 bits per heavy atom. The summed E-state index contributed by atoms with van der Waals surface area (Å²) in [5, 5.41) is 4.40. The van der Waals surface area contributed by atoms with E-state index in [1.54, 1.807) is 22.9 Å². The second kappa shape index (κ2) is 6.75. The lowest BCUT2D eigenvalue weighted by Gasteiger charge is -2.47. The molecule has 1 aliphatic rings. The highest BCUT2D eigenvalue weighted by Crippen LogP contribution is 2.27. The van der Waals surface area contributed by atoms with Gasteiger partial charge in [0.15, 0.2) is 0 Å². The van der Waals surface area contributed by atoms with Gasteiger partial charge in [-0.1, -0.05) is 18.2 Å². The number of likely N-dealkylation sites (tertiary alicyclic amines) is 1. The van der Waals surface area contributed by atoms with Gasteiger partial charge in [0.2, 0.25) is 0 Å². The number of ether oxygens (including phenoxy) is 2. The molecule has 1 aromatic carbocycles. The second-order valence-corrected chi connectivity index (χ2v) is 6.23. The summed E-state index contributed by atoms with van der Waals surface area (Å²) in [5.74, 6) is -0.0265. The molecule has 0 N–H and O–H groups in total. The first-order valence-electron chi connectivity index (χ1n) is 8.12. The fourth-order valence-electron chi connectivity index (χ4n) is 3.13. The molecule has 1 amide bonds. The minimum Gasteiger partial charge on any atom is -0.378 e. The van der Waals surface area contributed by atoms with E-state index in [0.29, 0.717) is 31.9 Å². The van der Waals surface area contributed by atoms with Crippen LogP contribution in [0.3, 0.4) is 0 Å². The van der Waals surface area contributed by atoms with E-state index in [1.165, 1.54) is 0 Å². The monoisotopic (exact) mass is 329 g/mol. The van der Waals surface area contributed by atoms with Crippen LogP contribution >= 0.6 is 0 Å². The summed E-state index contributed by atoms with van der Waals surface area (Å²) in [7, 11) is 1.62. The van der Waals surface area contributed by atoms with Crippen molar-refractivity contribution in [2.24, 2.45) is 0 Å². The summed E-state index contributed by atoms with van der Waals surface area (Å²) in [6.45, 7) is 6.18. The van der Waals surface area contributed by atoms with Crippen molar-refractivity contribution in [3.63, 3.8) is 0 Å². The SMILES string of the molecule is CCOC1(C)CN(C(=O)c2cnn(-c3ccccc3)c2COC)C1. The molecule has 0 spiro atoms. The molecule has 0 atom stereocenters. The summed E-state index contributed by atoms with van der Waals surface area (Å²) in [6.07, 6.45) is 1.63. The number of hydrogen-bond donors (Lipinski definition) is 0. The molecule has 128 valence electrons. The quantitative estimate of drug-likeness (QED) is 0.816. The van der Waals surface area contributed by atoms with Crippen molar-refractivity contribution in [3.8, 4) is 5.69 Å². The van der Waals surface area contributed by atoms with E-state index in [-0.39, 0.29) is 11.5 Å². The number of methoxy groups -OCH3 is 1. The van der Waals surface area contributed by atoms with Crippen LogP contribution in [0.25, 0.3) is 5.69 Å². The molecule has 3 rings (SSSR count). The van der Waals surface area contributed by atoms with Crippen molar-refractivity contribution in [1.82, 2.24) is 14.7 Å². The van der Waals surface area contributed by atoms with Crippen LogP contribution in [0.2, 0.25) is 0 Å². The zero-order chi connectivity index (χ0) is 17.2. The van der Waals surface area contributed by atoms with Crippen LogP contribution in [0, 0.1) is 0 Å². The van der Waals surface area contributed by atoms with Gasteiger partial charge in [-0.2, -0.15) is 5.10 Å². The third-order valence-electron chi connectivity index (χ3n) is 4.21. The van der Waals surface area contributed by atoms with Crippen molar-refractivity contribution in [3.05, 3.63) is 47.8 Å². The molecular weight excluding hydrogens is 306 g/mol. The minimum absolute atomic E-state index is 0.0265. The summed E-state index contributed by atoms with van der Waals surface area (Å²) in [6, 6.07) is 9.74. The number of nitrogens with zero attached hydrogens (tertiary/aromatic N) is 3. The van der Waals surface area contributed by atoms with Crippen molar-refractivity contribution in [1.29, 1.82) is 0 Å². The Bertz CT molecular complexity index is 706. The fraction of sp³-hybridized carbons (Fsp3) is 0.444. The number of rotatable bonds is 6. The molecule has 0 aliphatic carbocycles. The number of carbonyl (C=O) groups is 1. The van der Waals surface area contributed by atoms with Crippen LogP contribution < -0.4 is 0 Å². The van der Waals surface area contributed by atoms with Crippen LogP contribution in [0.5, 0.6) is 0 Å². The smallest absolute Gasteiger partial charge is 0.257 e. The lowest BCUT2D eigenvalue weighted by molar-refractivity contribution is -0.113. The predicted octanol–water partition coefficient (Wildman–Crippen LogP) is 2.27. The summed E-state index contributed by atoms with van der Waals surface area (Å²) in [4.78, 5) is 14.6. The first-order valence-corrected chi connectivity index (χ1v) is 8.12. The van der Waals surface area contributed by atoms with Gasteiger partial charge in [0.1, 0.15) is 5.60 Å². The zero-order valence-electron chi connectivity index (χ0n) is 14.4. The van der Waals surface area contributed by atoms with Crippen molar-refractivity contribution in [2.45, 2.75) is 26.1 Å². The molecule has 1 fully saturated rings. The number of carbonyl (C=O) groups excluding carboxylic acids is 1. The molecular formula is C18H23N3O3. The number of amides is 1. The number of hydrogen-bond acceptors (Lipinski definition) is 4. The summed E-state index contributed by atoms with van der Waals surface area (Å²) in [5.41, 5.74) is 2.02. The maximum atomic E-state index is 12.8. The van der Waals surface area contributed by atoms with Crippen LogP contribution in [0.1, 0.15) is 29.9 Å². The van der Waals surface area contributed by atoms with Gasteiger partial charge < -0.3 is 14.4 Å². The van der Waals surface area contributed by atoms with Gasteiger partial charge in [-0.05, 0) is 26.0 Å². The van der Waals surface area contributed by atoms with Gasteiger partial charge in [0, 0.05) is 13.7 Å². The highest BCUT2D eigenvalue weighted by atomic mass is 16.5. The Hall–Kier alpha value is -2.18. The molecule has 1 aliphatic heterocycles. The van der Waals surface area contributed by atoms with Crippen LogP contribution in [-0.2, 0) is 16.1 Å². The first kappa shape index (κ1) is 16.7. The average Bonchev–Trinajstić information content (AvgIpc) is 2.97. The molecule has 2 heterocycles. The average molecular weight is 329 g/mol. The number of aromatic nitrogens is 2. The fourth-order valence-corrected chi connectivity index (χ4v) is 3.13. The Morgan fingerprint density at radius 1 is 1.29 bits per heavy atom. The lowest BCUT2D eigenvalue weighted by Crippen LogP contribution is -2.63. The number of benzene rings is 1. The van der Waals surface area contributed by atoms with Crippen LogP contribution in [0.4, 0.5) is 0 Å². The van der Waals surface area contributed by atoms with Crippen LogP contribution in [-0.4, -0.2) is 53.0 Å². The van der Waals surface area contributed by atoms with E-state index in [9.17, 15) is 4.79 Å². The lowest BCUT2D eigenvalue weighted by atomic mass is 9.95. The molecule has 1 aromatic heterocycles. The standard InChI is InChI=1S/C18H23N3O3/c1-4-24-18(2)12-20(13-18)17(22)15-10-19-21(16(15)11-23-3)14-8-6-5-7-9-14/h5-10H,4,11-13H2,1-3H3. The molecule has 1 saturated heterocycles. The van der Waals surface area contributed by atoms with Gasteiger partial charge >= 0.3 is 0 Å². The van der Waals surface area contributed by atoms with E-state index in [0.717, 1.165) is 11.4 Å². The van der Waals surface area contributed by atoms with Gasteiger partial charge in [-0.3, -0.25) is 4.79 Å². The molecule has 6 heteroatoms. The van der Waals surface area contributed by atoms with E-state index < -0.39 is 0 Å². The Balaban J connectivity index is 1.84. The third kappa shape index (κ3) is 3.07. The second-order valence-electron chi connectivity index (χ2n) is 6.23. The van der Waals surface area contributed by atoms with Crippen molar-refractivity contribution >= 4 is 5.91 Å². The van der Waals surface area contributed by atoms with E-state index in [4.69, 9.17) is 9.47 Å². The molecule has 2 aromatic rings. The highest BCUT2D eigenvalue weighted by molar-refractivity contribution is 5.96. The van der Waals surface area contributed by atoms with Gasteiger partial charge in [0.05, 0.1) is 42.8 Å². The Kier molecular flexibility index (Phi) is 4.69. The highest BCUT2D eigenvalue weighted by Gasteiger charge is 2.43. The molecule has 0 bridgehead atoms. The summed E-state index contributed by atoms with van der Waals surface area (Å²) < 4.78 is 12.8. The molecule has 0 unspecified atom stereocenters. The van der Waals surface area contributed by atoms with E-state index >= 15 is 0 Å². The van der Waals surface area contributed by atoms with Crippen molar-refractivity contribution in [2.75, 3.05) is 26.8 Å². The normalized spacial score (nSPS) is 16.0.